The molecule has 1 fully saturated rings. The van der Waals surface area contributed by atoms with E-state index in [4.69, 9.17) is 31.5 Å². The van der Waals surface area contributed by atoms with E-state index in [-0.39, 0.29) is 45.7 Å². The molecule has 0 saturated carbocycles. The zero-order chi connectivity index (χ0) is 24.7. The number of fused-ring (bicyclic) bond motifs is 1. The molecule has 0 radical (unpaired) electrons. The second-order valence-electron chi connectivity index (χ2n) is 8.51. The van der Waals surface area contributed by atoms with Crippen LogP contribution in [0.3, 0.4) is 0 Å². The van der Waals surface area contributed by atoms with Crippen LogP contribution in [-0.2, 0) is 16.8 Å². The molecule has 3 aromatic rings. The first-order valence-corrected chi connectivity index (χ1v) is 11.5. The predicted octanol–water partition coefficient (Wildman–Crippen LogP) is 4.21. The molecule has 35 heavy (non-hydrogen) atoms. The number of hydrogen-bond donors (Lipinski definition) is 2. The first-order valence-electron chi connectivity index (χ1n) is 11.1. The summed E-state index contributed by atoms with van der Waals surface area (Å²) in [6.45, 7) is 1.52. The maximum Gasteiger partial charge on any atom is 0.249 e. The van der Waals surface area contributed by atoms with E-state index in [0.29, 0.717) is 25.3 Å². The summed E-state index contributed by atoms with van der Waals surface area (Å²) in [5, 5.41) is 3.10. The van der Waals surface area contributed by atoms with Crippen molar-refractivity contribution >= 4 is 17.5 Å². The fourth-order valence-electron chi connectivity index (χ4n) is 4.97. The molecule has 1 amide bonds. The summed E-state index contributed by atoms with van der Waals surface area (Å²) in [7, 11) is 1.29. The minimum absolute atomic E-state index is 0.0152. The summed E-state index contributed by atoms with van der Waals surface area (Å²) in [6, 6.07) is 13.0. The number of methoxy groups -OCH3 is 1. The first kappa shape index (κ1) is 23.5. The van der Waals surface area contributed by atoms with Gasteiger partial charge in [-0.15, -0.1) is 0 Å². The SMILES string of the molecule is COc1ccc(C(N)=O)c(-c2c(Cl)c(F)cc3c2C[C@](c2ccccc2)(C2COCCN2)O3)c1F. The lowest BCUT2D eigenvalue weighted by Crippen LogP contribution is -2.57. The highest BCUT2D eigenvalue weighted by molar-refractivity contribution is 6.34. The van der Waals surface area contributed by atoms with E-state index in [2.05, 4.69) is 5.32 Å². The number of ether oxygens (including phenoxy) is 3. The van der Waals surface area contributed by atoms with Gasteiger partial charge in [-0.3, -0.25) is 4.79 Å². The van der Waals surface area contributed by atoms with E-state index in [1.54, 1.807) is 0 Å². The van der Waals surface area contributed by atoms with Crippen LogP contribution < -0.4 is 20.5 Å². The van der Waals surface area contributed by atoms with Gasteiger partial charge in [0.1, 0.15) is 11.6 Å². The number of amides is 1. The van der Waals surface area contributed by atoms with Gasteiger partial charge in [0.05, 0.1) is 37.0 Å². The normalized spacial score (nSPS) is 21.3. The number of nitrogens with one attached hydrogen (secondary N) is 1. The van der Waals surface area contributed by atoms with Gasteiger partial charge in [-0.25, -0.2) is 8.78 Å². The fraction of sp³-hybridized carbons (Fsp3) is 0.269. The number of carbonyl (C=O) groups is 1. The molecule has 3 N–H and O–H groups in total. The van der Waals surface area contributed by atoms with Gasteiger partial charge in [0.15, 0.2) is 17.2 Å². The Morgan fingerprint density at radius 2 is 1.97 bits per heavy atom. The van der Waals surface area contributed by atoms with Gasteiger partial charge in [-0.05, 0) is 17.7 Å². The Kier molecular flexibility index (Phi) is 6.13. The molecule has 0 aromatic heterocycles. The van der Waals surface area contributed by atoms with Crippen molar-refractivity contribution in [1.29, 1.82) is 0 Å². The Balaban J connectivity index is 1.76. The molecule has 1 unspecified atom stereocenters. The van der Waals surface area contributed by atoms with Crippen LogP contribution in [0.5, 0.6) is 11.5 Å². The van der Waals surface area contributed by atoms with Crippen LogP contribution in [0.1, 0.15) is 21.5 Å². The number of halogens is 3. The van der Waals surface area contributed by atoms with Crippen LogP contribution in [0.25, 0.3) is 11.1 Å². The van der Waals surface area contributed by atoms with Crippen LogP contribution >= 0.6 is 11.6 Å². The molecular formula is C26H23ClF2N2O4. The van der Waals surface area contributed by atoms with E-state index < -0.39 is 23.1 Å². The van der Waals surface area contributed by atoms with E-state index in [9.17, 15) is 4.79 Å². The molecule has 182 valence electrons. The van der Waals surface area contributed by atoms with E-state index in [0.717, 1.165) is 5.56 Å². The van der Waals surface area contributed by atoms with Crippen molar-refractivity contribution in [1.82, 2.24) is 5.32 Å². The highest BCUT2D eigenvalue weighted by Crippen LogP contribution is 2.51. The molecule has 2 aliphatic rings. The molecule has 1 saturated heterocycles. The lowest BCUT2D eigenvalue weighted by Gasteiger charge is -2.39. The molecule has 0 spiro atoms. The largest absolute Gasteiger partial charge is 0.494 e. The minimum Gasteiger partial charge on any atom is -0.494 e. The zero-order valence-corrected chi connectivity index (χ0v) is 19.6. The molecule has 3 aromatic carbocycles. The Hall–Kier alpha value is -3.20. The molecule has 2 atom stereocenters. The Labute approximate surface area is 205 Å². The smallest absolute Gasteiger partial charge is 0.249 e. The fourth-order valence-corrected chi connectivity index (χ4v) is 5.23. The number of nitrogens with two attached hydrogens (primary N) is 1. The second kappa shape index (κ2) is 9.11. The highest BCUT2D eigenvalue weighted by atomic mass is 35.5. The number of rotatable bonds is 5. The standard InChI is InChI=1S/C26H23ClF2N2O4/c1-33-18-8-7-15(25(30)32)22(24(18)29)21-16-12-26(14-5-3-2-4-6-14,20-13-34-10-9-31-20)35-19(16)11-17(28)23(21)27/h2-8,11,20,31H,9-10,12-13H2,1H3,(H2,30,32)/t20?,26-/m0/s1. The lowest BCUT2D eigenvalue weighted by atomic mass is 9.80. The summed E-state index contributed by atoms with van der Waals surface area (Å²) in [4.78, 5) is 12.3. The van der Waals surface area contributed by atoms with Crippen LogP contribution in [-0.4, -0.2) is 38.8 Å². The number of benzene rings is 3. The average Bonchev–Trinajstić information content (AvgIpc) is 3.26. The van der Waals surface area contributed by atoms with Gasteiger partial charge in [0, 0.05) is 35.7 Å². The van der Waals surface area contributed by atoms with E-state index >= 15 is 8.78 Å². The Morgan fingerprint density at radius 1 is 1.20 bits per heavy atom. The van der Waals surface area contributed by atoms with Crippen molar-refractivity contribution < 1.29 is 27.8 Å². The van der Waals surface area contributed by atoms with Crippen LogP contribution in [0.15, 0.2) is 48.5 Å². The van der Waals surface area contributed by atoms with Crippen LogP contribution in [0.2, 0.25) is 5.02 Å². The predicted molar refractivity (Wildman–Crippen MR) is 127 cm³/mol. The maximum atomic E-state index is 15.6. The van der Waals surface area contributed by atoms with Gasteiger partial charge < -0.3 is 25.3 Å². The Morgan fingerprint density at radius 3 is 2.63 bits per heavy atom. The summed E-state index contributed by atoms with van der Waals surface area (Å²) in [6.07, 6.45) is 0.220. The van der Waals surface area contributed by atoms with Crippen molar-refractivity contribution in [2.24, 2.45) is 5.73 Å². The van der Waals surface area contributed by atoms with E-state index in [1.165, 1.54) is 25.3 Å². The third-order valence-electron chi connectivity index (χ3n) is 6.61. The van der Waals surface area contributed by atoms with Crippen molar-refractivity contribution in [2.45, 2.75) is 18.1 Å². The molecule has 6 nitrogen and oxygen atoms in total. The van der Waals surface area contributed by atoms with Crippen molar-refractivity contribution in [3.05, 3.63) is 81.9 Å². The molecule has 2 aliphatic heterocycles. The van der Waals surface area contributed by atoms with Gasteiger partial charge in [0.25, 0.3) is 0 Å². The quantitative estimate of drug-likeness (QED) is 0.548. The molecular weight excluding hydrogens is 478 g/mol. The van der Waals surface area contributed by atoms with Crippen molar-refractivity contribution in [3.8, 4) is 22.6 Å². The first-order chi connectivity index (χ1) is 16.9. The number of carbonyl (C=O) groups excluding carboxylic acids is 1. The Bertz CT molecular complexity index is 1300. The molecule has 9 heteroatoms. The summed E-state index contributed by atoms with van der Waals surface area (Å²) in [5.74, 6) is -2.48. The minimum atomic E-state index is -0.988. The number of morpholine rings is 1. The monoisotopic (exact) mass is 500 g/mol. The molecule has 0 bridgehead atoms. The van der Waals surface area contributed by atoms with Gasteiger partial charge in [-0.1, -0.05) is 41.9 Å². The molecule has 5 rings (SSSR count). The molecule has 2 heterocycles. The van der Waals surface area contributed by atoms with Crippen LogP contribution in [0, 0.1) is 11.6 Å². The van der Waals surface area contributed by atoms with Gasteiger partial charge in [-0.2, -0.15) is 0 Å². The third-order valence-corrected chi connectivity index (χ3v) is 6.98. The van der Waals surface area contributed by atoms with Gasteiger partial charge >= 0.3 is 0 Å². The highest BCUT2D eigenvalue weighted by Gasteiger charge is 2.50. The van der Waals surface area contributed by atoms with Crippen molar-refractivity contribution in [2.75, 3.05) is 26.9 Å². The zero-order valence-electron chi connectivity index (χ0n) is 18.9. The van der Waals surface area contributed by atoms with Crippen LogP contribution in [0.4, 0.5) is 8.78 Å². The summed E-state index contributed by atoms with van der Waals surface area (Å²) < 4.78 is 48.1. The summed E-state index contributed by atoms with van der Waals surface area (Å²) >= 11 is 6.45. The summed E-state index contributed by atoms with van der Waals surface area (Å²) in [5.41, 5.74) is 5.52. The number of primary amides is 1. The lowest BCUT2D eigenvalue weighted by molar-refractivity contribution is -0.0260. The van der Waals surface area contributed by atoms with E-state index in [1.807, 2.05) is 30.3 Å². The maximum absolute atomic E-state index is 15.6. The third kappa shape index (κ3) is 3.82. The van der Waals surface area contributed by atoms with Gasteiger partial charge in [0.2, 0.25) is 5.91 Å². The topological polar surface area (TPSA) is 82.8 Å². The average molecular weight is 501 g/mol. The second-order valence-corrected chi connectivity index (χ2v) is 8.89. The van der Waals surface area contributed by atoms with Crippen molar-refractivity contribution in [3.63, 3.8) is 0 Å². The number of hydrogen-bond acceptors (Lipinski definition) is 5. The molecule has 0 aliphatic carbocycles.